The molecule has 1 aromatic carbocycles. The molecule has 0 unspecified atom stereocenters. The average Bonchev–Trinajstić information content (AvgIpc) is 2.44. The van der Waals surface area contributed by atoms with Crippen molar-refractivity contribution >= 4 is 11.4 Å². The van der Waals surface area contributed by atoms with Crippen LogP contribution in [0.4, 0.5) is 11.4 Å². The second-order valence-electron chi connectivity index (χ2n) is 5.44. The van der Waals surface area contributed by atoms with Crippen LogP contribution in [0.1, 0.15) is 25.0 Å². The van der Waals surface area contributed by atoms with Crippen molar-refractivity contribution in [1.82, 2.24) is 10.3 Å². The third kappa shape index (κ3) is 3.58. The Morgan fingerprint density at radius 3 is 2.75 bits per heavy atom. The highest BCUT2D eigenvalue weighted by Gasteiger charge is 2.09. The Morgan fingerprint density at radius 1 is 1.25 bits per heavy atom. The van der Waals surface area contributed by atoms with Crippen molar-refractivity contribution in [3.05, 3.63) is 53.9 Å². The fourth-order valence-corrected chi connectivity index (χ4v) is 2.17. The standard InChI is InChI=1S/C17H23N3/c1-13(2)19-12-15-11-18-9-8-17(15)20(4)16-7-5-6-14(3)10-16/h5-11,13,19H,12H2,1-4H3. The van der Waals surface area contributed by atoms with Crippen molar-refractivity contribution < 1.29 is 0 Å². The molecule has 20 heavy (non-hydrogen) atoms. The molecule has 0 saturated carbocycles. The smallest absolute Gasteiger partial charge is 0.0484 e. The third-order valence-electron chi connectivity index (χ3n) is 3.33. The highest BCUT2D eigenvalue weighted by molar-refractivity contribution is 5.65. The molecular formula is C17H23N3. The summed E-state index contributed by atoms with van der Waals surface area (Å²) in [6.07, 6.45) is 3.79. The number of pyridine rings is 1. The first-order valence-electron chi connectivity index (χ1n) is 7.04. The van der Waals surface area contributed by atoms with Gasteiger partial charge >= 0.3 is 0 Å². The molecule has 2 rings (SSSR count). The first-order valence-corrected chi connectivity index (χ1v) is 7.04. The van der Waals surface area contributed by atoms with E-state index < -0.39 is 0 Å². The van der Waals surface area contributed by atoms with E-state index in [4.69, 9.17) is 0 Å². The largest absolute Gasteiger partial charge is 0.344 e. The fourth-order valence-electron chi connectivity index (χ4n) is 2.17. The highest BCUT2D eigenvalue weighted by atomic mass is 15.1. The minimum atomic E-state index is 0.465. The second-order valence-corrected chi connectivity index (χ2v) is 5.44. The molecule has 0 spiro atoms. The predicted molar refractivity (Wildman–Crippen MR) is 85.5 cm³/mol. The van der Waals surface area contributed by atoms with Crippen LogP contribution in [0.5, 0.6) is 0 Å². The van der Waals surface area contributed by atoms with Crippen LogP contribution in [0.15, 0.2) is 42.7 Å². The van der Waals surface area contributed by atoms with E-state index in [0.29, 0.717) is 6.04 Å². The summed E-state index contributed by atoms with van der Waals surface area (Å²) >= 11 is 0. The minimum absolute atomic E-state index is 0.465. The molecule has 0 atom stereocenters. The van der Waals surface area contributed by atoms with Gasteiger partial charge in [0, 0.05) is 49.0 Å². The van der Waals surface area contributed by atoms with Gasteiger partial charge in [0.15, 0.2) is 0 Å². The molecule has 0 saturated heterocycles. The van der Waals surface area contributed by atoms with E-state index in [1.165, 1.54) is 22.5 Å². The van der Waals surface area contributed by atoms with E-state index >= 15 is 0 Å². The molecule has 3 heteroatoms. The summed E-state index contributed by atoms with van der Waals surface area (Å²) in [5, 5.41) is 3.45. The second kappa shape index (κ2) is 6.53. The number of nitrogens with zero attached hydrogens (tertiary/aromatic N) is 2. The number of aromatic nitrogens is 1. The Balaban J connectivity index is 2.27. The van der Waals surface area contributed by atoms with E-state index in [1.807, 2.05) is 12.4 Å². The number of hydrogen-bond acceptors (Lipinski definition) is 3. The van der Waals surface area contributed by atoms with Crippen LogP contribution in [0.3, 0.4) is 0 Å². The van der Waals surface area contributed by atoms with E-state index in [1.54, 1.807) is 0 Å². The van der Waals surface area contributed by atoms with Crippen molar-refractivity contribution in [1.29, 1.82) is 0 Å². The number of benzene rings is 1. The van der Waals surface area contributed by atoms with Gasteiger partial charge in [-0.15, -0.1) is 0 Å². The highest BCUT2D eigenvalue weighted by Crippen LogP contribution is 2.26. The SMILES string of the molecule is Cc1cccc(N(C)c2ccncc2CNC(C)C)c1. The summed E-state index contributed by atoms with van der Waals surface area (Å²) in [6, 6.07) is 11.1. The maximum atomic E-state index is 4.25. The molecule has 0 aliphatic rings. The van der Waals surface area contributed by atoms with Gasteiger partial charge in [-0.2, -0.15) is 0 Å². The van der Waals surface area contributed by atoms with Gasteiger partial charge in [-0.1, -0.05) is 26.0 Å². The van der Waals surface area contributed by atoms with Crippen molar-refractivity contribution in [2.45, 2.75) is 33.4 Å². The lowest BCUT2D eigenvalue weighted by Gasteiger charge is -2.23. The van der Waals surface area contributed by atoms with Crippen LogP contribution in [0, 0.1) is 6.92 Å². The van der Waals surface area contributed by atoms with Crippen LogP contribution >= 0.6 is 0 Å². The van der Waals surface area contributed by atoms with Gasteiger partial charge in [-0.05, 0) is 30.7 Å². The number of rotatable bonds is 5. The number of aryl methyl sites for hydroxylation is 1. The molecule has 106 valence electrons. The van der Waals surface area contributed by atoms with Gasteiger partial charge in [-0.25, -0.2) is 0 Å². The lowest BCUT2D eigenvalue weighted by molar-refractivity contribution is 0.588. The molecule has 0 aliphatic heterocycles. The quantitative estimate of drug-likeness (QED) is 0.898. The van der Waals surface area contributed by atoms with E-state index in [-0.39, 0.29) is 0 Å². The molecular weight excluding hydrogens is 246 g/mol. The summed E-state index contributed by atoms with van der Waals surface area (Å²) in [4.78, 5) is 6.46. The van der Waals surface area contributed by atoms with Gasteiger partial charge in [0.1, 0.15) is 0 Å². The molecule has 1 heterocycles. The molecule has 1 N–H and O–H groups in total. The Morgan fingerprint density at radius 2 is 2.05 bits per heavy atom. The van der Waals surface area contributed by atoms with Gasteiger partial charge < -0.3 is 10.2 Å². The monoisotopic (exact) mass is 269 g/mol. The minimum Gasteiger partial charge on any atom is -0.344 e. The molecule has 0 bridgehead atoms. The van der Waals surface area contributed by atoms with Gasteiger partial charge in [0.25, 0.3) is 0 Å². The molecule has 0 aliphatic carbocycles. The Labute approximate surface area is 121 Å². The zero-order valence-electron chi connectivity index (χ0n) is 12.7. The molecule has 0 fully saturated rings. The predicted octanol–water partition coefficient (Wildman–Crippen LogP) is 3.66. The van der Waals surface area contributed by atoms with Crippen LogP contribution in [-0.4, -0.2) is 18.1 Å². The van der Waals surface area contributed by atoms with E-state index in [2.05, 4.69) is 73.4 Å². The zero-order valence-corrected chi connectivity index (χ0v) is 12.7. The number of nitrogens with one attached hydrogen (secondary N) is 1. The molecule has 1 aromatic heterocycles. The fraction of sp³-hybridized carbons (Fsp3) is 0.353. The molecule has 3 nitrogen and oxygen atoms in total. The molecule has 0 radical (unpaired) electrons. The van der Waals surface area contributed by atoms with E-state index in [9.17, 15) is 0 Å². The van der Waals surface area contributed by atoms with Crippen molar-refractivity contribution in [3.63, 3.8) is 0 Å². The zero-order chi connectivity index (χ0) is 14.5. The van der Waals surface area contributed by atoms with Crippen LogP contribution < -0.4 is 10.2 Å². The van der Waals surface area contributed by atoms with Gasteiger partial charge in [-0.3, -0.25) is 4.98 Å². The summed E-state index contributed by atoms with van der Waals surface area (Å²) in [6.45, 7) is 7.25. The normalized spacial score (nSPS) is 10.8. The lowest BCUT2D eigenvalue weighted by atomic mass is 10.1. The molecule has 0 amide bonds. The maximum absolute atomic E-state index is 4.25. The Hall–Kier alpha value is -1.87. The summed E-state index contributed by atoms with van der Waals surface area (Å²) in [5.41, 5.74) is 4.87. The molecule has 2 aromatic rings. The number of hydrogen-bond donors (Lipinski definition) is 1. The summed E-state index contributed by atoms with van der Waals surface area (Å²) in [7, 11) is 2.10. The van der Waals surface area contributed by atoms with Crippen molar-refractivity contribution in [2.75, 3.05) is 11.9 Å². The van der Waals surface area contributed by atoms with Crippen LogP contribution in [0.25, 0.3) is 0 Å². The van der Waals surface area contributed by atoms with Crippen molar-refractivity contribution in [2.24, 2.45) is 0 Å². The van der Waals surface area contributed by atoms with E-state index in [0.717, 1.165) is 6.54 Å². The maximum Gasteiger partial charge on any atom is 0.0484 e. The first-order chi connectivity index (χ1) is 9.58. The average molecular weight is 269 g/mol. The van der Waals surface area contributed by atoms with Gasteiger partial charge in [0.05, 0.1) is 0 Å². The summed E-state index contributed by atoms with van der Waals surface area (Å²) in [5.74, 6) is 0. The first kappa shape index (κ1) is 14.5. The number of anilines is 2. The van der Waals surface area contributed by atoms with Gasteiger partial charge in [0.2, 0.25) is 0 Å². The van der Waals surface area contributed by atoms with Crippen molar-refractivity contribution in [3.8, 4) is 0 Å². The third-order valence-corrected chi connectivity index (χ3v) is 3.33. The lowest BCUT2D eigenvalue weighted by Crippen LogP contribution is -2.23. The Bertz CT molecular complexity index is 564. The van der Waals surface area contributed by atoms with Crippen LogP contribution in [0.2, 0.25) is 0 Å². The Kier molecular flexibility index (Phi) is 4.74. The topological polar surface area (TPSA) is 28.2 Å². The van der Waals surface area contributed by atoms with Crippen LogP contribution in [-0.2, 0) is 6.54 Å². The summed E-state index contributed by atoms with van der Waals surface area (Å²) < 4.78 is 0.